The Kier molecular flexibility index (Phi) is 8.32. The molecule has 0 aromatic carbocycles. The normalized spacial score (nSPS) is 9.70. The van der Waals surface area contributed by atoms with Crippen LogP contribution in [0.3, 0.4) is 0 Å². The van der Waals surface area contributed by atoms with Crippen molar-refractivity contribution in [1.29, 1.82) is 0 Å². The summed E-state index contributed by atoms with van der Waals surface area (Å²) < 4.78 is 4.30. The molecule has 0 N–H and O–H groups in total. The molecule has 0 aliphatic carbocycles. The van der Waals surface area contributed by atoms with Crippen LogP contribution in [0.25, 0.3) is 11.1 Å². The molecule has 0 bridgehead atoms. The Balaban J connectivity index is 0.00000200. The molecule has 0 spiro atoms. The molecular formula is C15H19B2N2Y+. The van der Waals surface area contributed by atoms with Crippen LogP contribution in [0.1, 0.15) is 6.92 Å². The maximum atomic E-state index is 3.74. The zero-order valence-electron chi connectivity index (χ0n) is 12.1. The maximum Gasteiger partial charge on any atom is 0.200 e. The van der Waals surface area contributed by atoms with Gasteiger partial charge in [-0.2, -0.15) is 0 Å². The Morgan fingerprint density at radius 1 is 0.900 bits per heavy atom. The monoisotopic (exact) mass is 338 g/mol. The quantitative estimate of drug-likeness (QED) is 0.428. The first-order valence-corrected chi connectivity index (χ1v) is 6.74. The summed E-state index contributed by atoms with van der Waals surface area (Å²) in [5, 5.41) is 0. The molecule has 0 atom stereocenters. The van der Waals surface area contributed by atoms with Crippen LogP contribution in [-0.4, -0.2) is 14.6 Å². The fraction of sp³-hybridized carbons (Fsp3) is 0.267. The summed E-state index contributed by atoms with van der Waals surface area (Å²) in [6.07, 6.45) is 11.4. The first-order valence-electron chi connectivity index (χ1n) is 6.74. The first kappa shape index (κ1) is 17.6. The summed E-state index contributed by atoms with van der Waals surface area (Å²) in [4.78, 5) is 0. The minimum atomic E-state index is 0. The van der Waals surface area contributed by atoms with Crippen LogP contribution in [0.5, 0.6) is 0 Å². The number of rotatable bonds is 6. The third kappa shape index (κ3) is 5.14. The van der Waals surface area contributed by atoms with E-state index in [4.69, 9.17) is 0 Å². The number of pyridine rings is 2. The smallest absolute Gasteiger partial charge is 0.200 e. The molecule has 0 saturated carbocycles. The number of nitrogens with zero attached hydrogens (tertiary/aromatic N) is 2. The molecule has 20 heavy (non-hydrogen) atoms. The van der Waals surface area contributed by atoms with Gasteiger partial charge in [-0.1, -0.05) is 13.2 Å². The van der Waals surface area contributed by atoms with Gasteiger partial charge in [-0.25, -0.2) is 9.13 Å². The molecule has 0 saturated heterocycles. The van der Waals surface area contributed by atoms with Crippen LogP contribution in [0, 0.1) is 6.82 Å². The summed E-state index contributed by atoms with van der Waals surface area (Å²) in [6, 6.07) is 8.61. The molecular weight excluding hydrogens is 319 g/mol. The van der Waals surface area contributed by atoms with Gasteiger partial charge in [0.05, 0.1) is 6.44 Å². The van der Waals surface area contributed by atoms with Crippen LogP contribution in [-0.2, 0) is 45.6 Å². The van der Waals surface area contributed by atoms with Crippen molar-refractivity contribution >= 4 is 14.6 Å². The van der Waals surface area contributed by atoms with Crippen molar-refractivity contribution in [2.75, 3.05) is 0 Å². The summed E-state index contributed by atoms with van der Waals surface area (Å²) in [5.41, 5.74) is 2.49. The fourth-order valence-electron chi connectivity index (χ4n) is 1.97. The van der Waals surface area contributed by atoms with E-state index in [1.165, 1.54) is 11.1 Å². The van der Waals surface area contributed by atoms with Crippen molar-refractivity contribution < 1.29 is 41.8 Å². The number of aromatic nitrogens is 2. The average molecular weight is 338 g/mol. The largest absolute Gasteiger partial charge is 0.367 e. The fourth-order valence-corrected chi connectivity index (χ4v) is 1.97. The molecule has 2 nitrogen and oxygen atoms in total. The van der Waals surface area contributed by atoms with E-state index < -0.39 is 0 Å². The maximum absolute atomic E-state index is 3.74. The van der Waals surface area contributed by atoms with Gasteiger partial charge in [0.2, 0.25) is 7.28 Å². The zero-order chi connectivity index (χ0) is 13.5. The third-order valence-electron chi connectivity index (χ3n) is 3.08. The van der Waals surface area contributed by atoms with Crippen LogP contribution in [0.2, 0.25) is 6.32 Å². The van der Waals surface area contributed by atoms with Crippen LogP contribution in [0.15, 0.2) is 49.1 Å². The van der Waals surface area contributed by atoms with Crippen molar-refractivity contribution in [2.24, 2.45) is 0 Å². The SMILES string of the molecule is [CH2-][B]C[n+]1ccc(-c2cc[n+](C[B]CC)cc2)cc1.[Y]. The molecule has 2 aromatic rings. The molecule has 5 heteroatoms. The van der Waals surface area contributed by atoms with Crippen LogP contribution >= 0.6 is 0 Å². The van der Waals surface area contributed by atoms with Crippen molar-refractivity contribution in [2.45, 2.75) is 26.1 Å². The summed E-state index contributed by atoms with van der Waals surface area (Å²) in [7, 11) is 4.16. The van der Waals surface area contributed by atoms with E-state index >= 15 is 0 Å². The van der Waals surface area contributed by atoms with Crippen molar-refractivity contribution in [3.05, 3.63) is 55.9 Å². The van der Waals surface area contributed by atoms with Crippen molar-refractivity contribution in [3.8, 4) is 11.1 Å². The second kappa shape index (κ2) is 9.47. The van der Waals surface area contributed by atoms with E-state index in [2.05, 4.69) is 79.2 Å². The average Bonchev–Trinajstić information content (AvgIpc) is 2.47. The van der Waals surface area contributed by atoms with Gasteiger partial charge in [0.1, 0.15) is 6.44 Å². The minimum absolute atomic E-state index is 0. The van der Waals surface area contributed by atoms with Gasteiger partial charge in [-0.15, -0.1) is 0 Å². The molecule has 3 radical (unpaired) electrons. The van der Waals surface area contributed by atoms with E-state index in [9.17, 15) is 0 Å². The van der Waals surface area contributed by atoms with E-state index in [-0.39, 0.29) is 32.7 Å². The van der Waals surface area contributed by atoms with Gasteiger partial charge >= 0.3 is 0 Å². The molecule has 0 aliphatic heterocycles. The van der Waals surface area contributed by atoms with Crippen molar-refractivity contribution in [1.82, 2.24) is 0 Å². The Morgan fingerprint density at radius 3 is 1.75 bits per heavy atom. The summed E-state index contributed by atoms with van der Waals surface area (Å²) in [5.74, 6) is 0. The molecule has 0 amide bonds. The second-order valence-electron chi connectivity index (χ2n) is 4.55. The van der Waals surface area contributed by atoms with Gasteiger partial charge in [-0.05, 0) is 18.4 Å². The zero-order valence-corrected chi connectivity index (χ0v) is 14.9. The summed E-state index contributed by atoms with van der Waals surface area (Å²) in [6.45, 7) is 5.91. The van der Waals surface area contributed by atoms with Crippen LogP contribution < -0.4 is 9.13 Å². The Bertz CT molecular complexity index is 500. The molecule has 2 aromatic heterocycles. The van der Waals surface area contributed by atoms with E-state index in [0.29, 0.717) is 0 Å². The van der Waals surface area contributed by atoms with Gasteiger partial charge in [-0.3, -0.25) is 0 Å². The molecule has 97 valence electrons. The third-order valence-corrected chi connectivity index (χ3v) is 3.08. The van der Waals surface area contributed by atoms with Gasteiger partial charge in [0, 0.05) is 57.0 Å². The van der Waals surface area contributed by atoms with E-state index in [0.717, 1.165) is 19.2 Å². The minimum Gasteiger partial charge on any atom is -0.367 e. The molecule has 0 fully saturated rings. The molecule has 2 heterocycles. The Morgan fingerprint density at radius 2 is 1.35 bits per heavy atom. The number of hydrogen-bond donors (Lipinski definition) is 0. The van der Waals surface area contributed by atoms with E-state index in [1.807, 2.05) is 7.28 Å². The summed E-state index contributed by atoms with van der Waals surface area (Å²) >= 11 is 0. The second-order valence-corrected chi connectivity index (χ2v) is 4.55. The molecule has 0 unspecified atom stereocenters. The topological polar surface area (TPSA) is 7.76 Å². The molecule has 0 aliphatic rings. The molecule has 2 rings (SSSR count). The first-order chi connectivity index (χ1) is 9.33. The number of hydrogen-bond acceptors (Lipinski definition) is 0. The van der Waals surface area contributed by atoms with Crippen LogP contribution in [0.4, 0.5) is 0 Å². The van der Waals surface area contributed by atoms with E-state index in [1.54, 1.807) is 0 Å². The Hall–Kier alpha value is -0.466. The van der Waals surface area contributed by atoms with Gasteiger partial charge in [0.25, 0.3) is 0 Å². The van der Waals surface area contributed by atoms with Gasteiger partial charge < -0.3 is 6.82 Å². The standard InChI is InChI=1S/C15H19B2N2.Y/c1-3-17-13-19-10-6-15(7-11-19)14-4-8-18(9-5-14)12-16-2;/h4-11H,2-3,12-13H2,1H3;/q+1;. The van der Waals surface area contributed by atoms with Gasteiger partial charge in [0.15, 0.2) is 24.8 Å². The predicted octanol–water partition coefficient (Wildman–Crippen LogP) is 1.48. The van der Waals surface area contributed by atoms with Crippen molar-refractivity contribution in [3.63, 3.8) is 0 Å². The Labute approximate surface area is 149 Å². The predicted molar refractivity (Wildman–Crippen MR) is 79.6 cm³/mol.